The molecule has 9 heteroatoms. The zero-order chi connectivity index (χ0) is 24.9. The first-order chi connectivity index (χ1) is 17.4. The summed E-state index contributed by atoms with van der Waals surface area (Å²) in [6.07, 6.45) is 10.1. The van der Waals surface area contributed by atoms with Gasteiger partial charge in [-0.1, -0.05) is 19.1 Å². The van der Waals surface area contributed by atoms with E-state index in [4.69, 9.17) is 4.74 Å². The van der Waals surface area contributed by atoms with Gasteiger partial charge in [0.25, 0.3) is 11.7 Å². The van der Waals surface area contributed by atoms with Crippen molar-refractivity contribution in [3.05, 3.63) is 59.4 Å². The quantitative estimate of drug-likeness (QED) is 0.465. The molecule has 8 nitrogen and oxygen atoms in total. The molecule has 4 fully saturated rings. The Bertz CT molecular complexity index is 1270. The number of hydrogen-bond acceptors (Lipinski definition) is 6. The van der Waals surface area contributed by atoms with E-state index in [2.05, 4.69) is 15.1 Å². The molecule has 7 rings (SSSR count). The van der Waals surface area contributed by atoms with Crippen molar-refractivity contribution in [1.82, 2.24) is 24.5 Å². The first kappa shape index (κ1) is 23.1. The Balaban J connectivity index is 1.24. The molecule has 0 N–H and O–H groups in total. The third-order valence-corrected chi connectivity index (χ3v) is 8.42. The topological polar surface area (TPSA) is 89.7 Å². The molecule has 0 unspecified atom stereocenters. The van der Waals surface area contributed by atoms with Crippen LogP contribution in [0.1, 0.15) is 67.1 Å². The number of ether oxygens (including phenoxy) is 1. The molecule has 4 saturated carbocycles. The van der Waals surface area contributed by atoms with Crippen LogP contribution >= 0.6 is 0 Å². The Hall–Kier alpha value is -3.36. The maximum atomic E-state index is 13.7. The summed E-state index contributed by atoms with van der Waals surface area (Å²) in [5, 5.41) is 4.15. The number of halogens is 1. The van der Waals surface area contributed by atoms with Crippen molar-refractivity contribution in [3.8, 4) is 0 Å². The monoisotopic (exact) mass is 491 g/mol. The number of esters is 1. The number of aromatic nitrogens is 4. The SMILES string of the molecule is CCc1c(C(=O)OCC(=O)N(Cc2ccc(F)cc2)C23CC4CC(CC(C4)C2)C3)cnc2ncnn12. The molecule has 4 aliphatic rings. The van der Waals surface area contributed by atoms with Crippen LogP contribution in [0.4, 0.5) is 4.39 Å². The average molecular weight is 492 g/mol. The fourth-order valence-corrected chi connectivity index (χ4v) is 7.31. The van der Waals surface area contributed by atoms with Gasteiger partial charge in [-0.15, -0.1) is 0 Å². The Morgan fingerprint density at radius 3 is 2.39 bits per heavy atom. The van der Waals surface area contributed by atoms with E-state index in [1.165, 1.54) is 48.4 Å². The van der Waals surface area contributed by atoms with Crippen LogP contribution in [0.15, 0.2) is 36.8 Å². The van der Waals surface area contributed by atoms with E-state index in [0.29, 0.717) is 42.2 Å². The maximum absolute atomic E-state index is 13.7. The van der Waals surface area contributed by atoms with E-state index < -0.39 is 5.97 Å². The van der Waals surface area contributed by atoms with Crippen molar-refractivity contribution in [2.45, 2.75) is 64.0 Å². The summed E-state index contributed by atoms with van der Waals surface area (Å²) in [5.41, 5.74) is 1.57. The molecule has 0 radical (unpaired) electrons. The van der Waals surface area contributed by atoms with Crippen LogP contribution in [-0.4, -0.2) is 48.5 Å². The standard InChI is InChI=1S/C27H30FN5O3/c1-2-23-22(13-29-26-30-16-31-33(23)26)25(35)36-15-24(34)32(14-17-3-5-21(28)6-4-17)27-10-18-7-19(11-27)9-20(8-18)12-27/h3-6,13,16,18-20H,2,7-12,14-15H2,1H3. The summed E-state index contributed by atoms with van der Waals surface area (Å²) >= 11 is 0. The van der Waals surface area contributed by atoms with E-state index in [1.807, 2.05) is 11.8 Å². The second-order valence-electron chi connectivity index (χ2n) is 10.8. The van der Waals surface area contributed by atoms with Crippen LogP contribution < -0.4 is 0 Å². The third kappa shape index (κ3) is 4.04. The van der Waals surface area contributed by atoms with E-state index in [0.717, 1.165) is 24.8 Å². The molecule has 1 aromatic carbocycles. The second-order valence-corrected chi connectivity index (χ2v) is 10.8. The largest absolute Gasteiger partial charge is 0.452 e. The molecule has 0 spiro atoms. The number of hydrogen-bond donors (Lipinski definition) is 0. The van der Waals surface area contributed by atoms with Gasteiger partial charge in [-0.05, 0) is 80.4 Å². The molecule has 0 atom stereocenters. The van der Waals surface area contributed by atoms with E-state index >= 15 is 0 Å². The summed E-state index contributed by atoms with van der Waals surface area (Å²) < 4.78 is 20.6. The Morgan fingerprint density at radius 2 is 1.75 bits per heavy atom. The van der Waals surface area contributed by atoms with E-state index in [9.17, 15) is 14.0 Å². The van der Waals surface area contributed by atoms with E-state index in [1.54, 1.807) is 12.1 Å². The first-order valence-corrected chi connectivity index (χ1v) is 12.8. The molecule has 2 aromatic heterocycles. The number of benzene rings is 1. The Labute approximate surface area is 208 Å². The number of carbonyl (C=O) groups is 2. The summed E-state index contributed by atoms with van der Waals surface area (Å²) in [6.45, 7) is 1.95. The molecule has 0 aliphatic heterocycles. The smallest absolute Gasteiger partial charge is 0.342 e. The van der Waals surface area contributed by atoms with Crippen LogP contribution in [0.3, 0.4) is 0 Å². The highest BCUT2D eigenvalue weighted by Gasteiger charge is 2.54. The van der Waals surface area contributed by atoms with Crippen molar-refractivity contribution in [1.29, 1.82) is 0 Å². The first-order valence-electron chi connectivity index (χ1n) is 12.8. The molecule has 3 aromatic rings. The van der Waals surface area contributed by atoms with Gasteiger partial charge in [0.2, 0.25) is 0 Å². The lowest BCUT2D eigenvalue weighted by molar-refractivity contribution is -0.155. The van der Waals surface area contributed by atoms with Gasteiger partial charge in [-0.25, -0.2) is 18.7 Å². The lowest BCUT2D eigenvalue weighted by Crippen LogP contribution is -2.61. The van der Waals surface area contributed by atoms with Gasteiger partial charge in [-0.3, -0.25) is 4.79 Å². The normalized spacial score (nSPS) is 26.3. The van der Waals surface area contributed by atoms with Gasteiger partial charge in [0.05, 0.1) is 11.3 Å². The van der Waals surface area contributed by atoms with Crippen LogP contribution in [0.25, 0.3) is 5.78 Å². The van der Waals surface area contributed by atoms with Crippen molar-refractivity contribution >= 4 is 17.7 Å². The predicted octanol–water partition coefficient (Wildman–Crippen LogP) is 3.98. The highest BCUT2D eigenvalue weighted by Crippen LogP contribution is 2.58. The molecule has 188 valence electrons. The number of nitrogens with zero attached hydrogens (tertiary/aromatic N) is 5. The predicted molar refractivity (Wildman–Crippen MR) is 128 cm³/mol. The van der Waals surface area contributed by atoms with Gasteiger partial charge >= 0.3 is 5.97 Å². The minimum atomic E-state index is -0.600. The summed E-state index contributed by atoms with van der Waals surface area (Å²) in [6, 6.07) is 6.32. The van der Waals surface area contributed by atoms with Gasteiger partial charge in [0, 0.05) is 18.3 Å². The highest BCUT2D eigenvalue weighted by molar-refractivity contribution is 5.92. The van der Waals surface area contributed by atoms with Crippen LogP contribution in [-0.2, 0) is 22.5 Å². The molecular weight excluding hydrogens is 461 g/mol. The van der Waals surface area contributed by atoms with E-state index in [-0.39, 0.29) is 29.4 Å². The van der Waals surface area contributed by atoms with Gasteiger partial charge in [-0.2, -0.15) is 10.1 Å². The summed E-state index contributed by atoms with van der Waals surface area (Å²) in [4.78, 5) is 36.9. The van der Waals surface area contributed by atoms with Crippen molar-refractivity contribution in [3.63, 3.8) is 0 Å². The third-order valence-electron chi connectivity index (χ3n) is 8.42. The van der Waals surface area contributed by atoms with Gasteiger partial charge in [0.1, 0.15) is 12.1 Å². The van der Waals surface area contributed by atoms with Crippen molar-refractivity contribution in [2.75, 3.05) is 6.61 Å². The minimum Gasteiger partial charge on any atom is -0.452 e. The zero-order valence-corrected chi connectivity index (χ0v) is 20.4. The average Bonchev–Trinajstić information content (AvgIpc) is 3.34. The Morgan fingerprint density at radius 1 is 1.08 bits per heavy atom. The molecule has 4 aliphatic carbocycles. The summed E-state index contributed by atoms with van der Waals surface area (Å²) in [7, 11) is 0. The minimum absolute atomic E-state index is 0.206. The van der Waals surface area contributed by atoms with Crippen LogP contribution in [0.2, 0.25) is 0 Å². The summed E-state index contributed by atoms with van der Waals surface area (Å²) in [5.74, 6) is 1.25. The molecule has 2 heterocycles. The lowest BCUT2D eigenvalue weighted by Gasteiger charge is -2.60. The van der Waals surface area contributed by atoms with Crippen LogP contribution in [0, 0.1) is 23.6 Å². The van der Waals surface area contributed by atoms with Crippen molar-refractivity contribution < 1.29 is 18.7 Å². The fourth-order valence-electron chi connectivity index (χ4n) is 7.31. The Kier molecular flexibility index (Phi) is 5.73. The van der Waals surface area contributed by atoms with Gasteiger partial charge < -0.3 is 9.64 Å². The number of rotatable bonds is 7. The molecular formula is C27H30FN5O3. The molecule has 1 amide bonds. The number of fused-ring (bicyclic) bond motifs is 1. The molecule has 36 heavy (non-hydrogen) atoms. The second kappa shape index (κ2) is 8.94. The number of aryl methyl sites for hydroxylation is 1. The number of carbonyl (C=O) groups excluding carboxylic acids is 2. The molecule has 0 saturated heterocycles. The fraction of sp³-hybridized carbons (Fsp3) is 0.519. The highest BCUT2D eigenvalue weighted by atomic mass is 19.1. The van der Waals surface area contributed by atoms with Gasteiger partial charge in [0.15, 0.2) is 6.61 Å². The molecule has 4 bridgehead atoms. The maximum Gasteiger partial charge on any atom is 0.342 e. The van der Waals surface area contributed by atoms with Crippen LogP contribution in [0.5, 0.6) is 0 Å². The zero-order valence-electron chi connectivity index (χ0n) is 20.4. The number of amides is 1. The lowest BCUT2D eigenvalue weighted by atomic mass is 9.52. The van der Waals surface area contributed by atoms with Crippen molar-refractivity contribution in [2.24, 2.45) is 17.8 Å².